The van der Waals surface area contributed by atoms with Crippen LogP contribution in [0.3, 0.4) is 0 Å². The molecule has 0 bridgehead atoms. The van der Waals surface area contributed by atoms with Crippen LogP contribution in [0.4, 0.5) is 0 Å². The first-order valence-corrected chi connectivity index (χ1v) is 7.37. The van der Waals surface area contributed by atoms with Crippen LogP contribution in [0.2, 0.25) is 0 Å². The van der Waals surface area contributed by atoms with Crippen LogP contribution in [0.15, 0.2) is 4.99 Å². The normalized spacial score (nSPS) is 13.8. The van der Waals surface area contributed by atoms with Crippen molar-refractivity contribution in [3.05, 3.63) is 0 Å². The van der Waals surface area contributed by atoms with Crippen molar-refractivity contribution in [1.82, 2.24) is 15.5 Å². The molecule has 1 unspecified atom stereocenters. The summed E-state index contributed by atoms with van der Waals surface area (Å²) in [5, 5.41) is 6.69. The molecule has 0 spiro atoms. The molecule has 108 valence electrons. The highest BCUT2D eigenvalue weighted by Crippen LogP contribution is 1.92. The Balaban J connectivity index is 3.99. The van der Waals surface area contributed by atoms with Gasteiger partial charge in [0.05, 0.1) is 6.54 Å². The lowest BCUT2D eigenvalue weighted by molar-refractivity contribution is 0.337. The number of guanidine groups is 1. The maximum Gasteiger partial charge on any atom is 0.191 e. The molecule has 0 aliphatic rings. The van der Waals surface area contributed by atoms with E-state index in [2.05, 4.69) is 55.3 Å². The van der Waals surface area contributed by atoms with Gasteiger partial charge in [0.2, 0.25) is 0 Å². The second kappa shape index (κ2) is 11.3. The van der Waals surface area contributed by atoms with Crippen molar-refractivity contribution < 1.29 is 0 Å². The van der Waals surface area contributed by atoms with Crippen molar-refractivity contribution in [3.8, 4) is 0 Å². The van der Waals surface area contributed by atoms with E-state index in [1.54, 1.807) is 0 Å². The van der Waals surface area contributed by atoms with E-state index in [4.69, 9.17) is 0 Å². The number of rotatable bonds is 9. The zero-order valence-corrected chi connectivity index (χ0v) is 12.9. The van der Waals surface area contributed by atoms with Crippen molar-refractivity contribution >= 4 is 5.96 Å². The molecule has 0 amide bonds. The standard InChI is InChI=1S/C14H32N4/c1-6-9-11-18(5)12-10-16-14(15-8-3)17-13(4)7-2/h13H,6-12H2,1-5H3,(H2,15,16,17). The van der Waals surface area contributed by atoms with Gasteiger partial charge in [0.1, 0.15) is 0 Å². The Morgan fingerprint density at radius 3 is 2.50 bits per heavy atom. The van der Waals surface area contributed by atoms with Crippen LogP contribution in [0.1, 0.15) is 47.0 Å². The number of unbranched alkanes of at least 4 members (excludes halogenated alkanes) is 1. The quantitative estimate of drug-likeness (QED) is 0.490. The summed E-state index contributed by atoms with van der Waals surface area (Å²) < 4.78 is 0. The summed E-state index contributed by atoms with van der Waals surface area (Å²) in [6.45, 7) is 12.6. The van der Waals surface area contributed by atoms with Crippen molar-refractivity contribution in [2.45, 2.75) is 53.0 Å². The van der Waals surface area contributed by atoms with Gasteiger partial charge in [-0.25, -0.2) is 0 Å². The summed E-state index contributed by atoms with van der Waals surface area (Å²) >= 11 is 0. The minimum absolute atomic E-state index is 0.473. The first kappa shape index (κ1) is 17.2. The molecule has 1 atom stereocenters. The Morgan fingerprint density at radius 1 is 1.22 bits per heavy atom. The third-order valence-electron chi connectivity index (χ3n) is 2.98. The summed E-state index contributed by atoms with van der Waals surface area (Å²) in [7, 11) is 2.17. The number of aliphatic imine (C=N–C) groups is 1. The molecule has 0 aromatic carbocycles. The second-order valence-electron chi connectivity index (χ2n) is 4.87. The minimum Gasteiger partial charge on any atom is -0.357 e. The fraction of sp³-hybridized carbons (Fsp3) is 0.929. The third-order valence-corrected chi connectivity index (χ3v) is 2.98. The van der Waals surface area contributed by atoms with E-state index in [9.17, 15) is 0 Å². The highest BCUT2D eigenvalue weighted by atomic mass is 15.2. The summed E-state index contributed by atoms with van der Waals surface area (Å²) in [6, 6.07) is 0.473. The van der Waals surface area contributed by atoms with Crippen molar-refractivity contribution in [2.75, 3.05) is 33.2 Å². The zero-order chi connectivity index (χ0) is 13.8. The van der Waals surface area contributed by atoms with Crippen LogP contribution in [-0.4, -0.2) is 50.1 Å². The highest BCUT2D eigenvalue weighted by molar-refractivity contribution is 5.80. The molecule has 0 aliphatic heterocycles. The van der Waals surface area contributed by atoms with E-state index in [0.29, 0.717) is 6.04 Å². The number of nitrogens with zero attached hydrogens (tertiary/aromatic N) is 2. The lowest BCUT2D eigenvalue weighted by Gasteiger charge is -2.18. The summed E-state index contributed by atoms with van der Waals surface area (Å²) in [5.74, 6) is 0.941. The number of hydrogen-bond acceptors (Lipinski definition) is 2. The molecule has 0 aliphatic carbocycles. The Hall–Kier alpha value is -0.770. The van der Waals surface area contributed by atoms with Crippen LogP contribution >= 0.6 is 0 Å². The maximum atomic E-state index is 4.60. The van der Waals surface area contributed by atoms with Gasteiger partial charge in [-0.3, -0.25) is 4.99 Å². The highest BCUT2D eigenvalue weighted by Gasteiger charge is 2.02. The van der Waals surface area contributed by atoms with Crippen LogP contribution < -0.4 is 10.6 Å². The molecule has 0 radical (unpaired) electrons. The molecule has 18 heavy (non-hydrogen) atoms. The Morgan fingerprint density at radius 2 is 1.94 bits per heavy atom. The minimum atomic E-state index is 0.473. The monoisotopic (exact) mass is 256 g/mol. The topological polar surface area (TPSA) is 39.7 Å². The molecule has 0 heterocycles. The third kappa shape index (κ3) is 9.28. The van der Waals surface area contributed by atoms with Gasteiger partial charge < -0.3 is 15.5 Å². The number of nitrogens with one attached hydrogen (secondary N) is 2. The van der Waals surface area contributed by atoms with Crippen molar-refractivity contribution in [3.63, 3.8) is 0 Å². The molecule has 0 aromatic rings. The molecule has 0 fully saturated rings. The van der Waals surface area contributed by atoms with Gasteiger partial charge in [-0.15, -0.1) is 0 Å². The van der Waals surface area contributed by atoms with Gasteiger partial charge in [-0.05, 0) is 40.3 Å². The molecule has 0 saturated carbocycles. The van der Waals surface area contributed by atoms with Crippen LogP contribution in [-0.2, 0) is 0 Å². The predicted octanol–water partition coefficient (Wildman–Crippen LogP) is 2.07. The van der Waals surface area contributed by atoms with Crippen LogP contribution in [0.5, 0.6) is 0 Å². The van der Waals surface area contributed by atoms with Crippen molar-refractivity contribution in [1.29, 1.82) is 0 Å². The van der Waals surface area contributed by atoms with E-state index < -0.39 is 0 Å². The van der Waals surface area contributed by atoms with Gasteiger partial charge in [-0.2, -0.15) is 0 Å². The van der Waals surface area contributed by atoms with Crippen LogP contribution in [0, 0.1) is 0 Å². The molecular weight excluding hydrogens is 224 g/mol. The van der Waals surface area contributed by atoms with Crippen LogP contribution in [0.25, 0.3) is 0 Å². The molecule has 0 rings (SSSR count). The Labute approximate surface area is 113 Å². The average molecular weight is 256 g/mol. The zero-order valence-electron chi connectivity index (χ0n) is 12.9. The second-order valence-corrected chi connectivity index (χ2v) is 4.87. The summed E-state index contributed by atoms with van der Waals surface area (Å²) in [4.78, 5) is 6.95. The SMILES string of the molecule is CCCCN(C)CCN=C(NCC)NC(C)CC. The summed E-state index contributed by atoms with van der Waals surface area (Å²) in [6.07, 6.45) is 3.64. The summed E-state index contributed by atoms with van der Waals surface area (Å²) in [5.41, 5.74) is 0. The first-order valence-electron chi connectivity index (χ1n) is 7.37. The van der Waals surface area contributed by atoms with E-state index in [-0.39, 0.29) is 0 Å². The van der Waals surface area contributed by atoms with E-state index in [1.807, 2.05) is 0 Å². The van der Waals surface area contributed by atoms with E-state index in [0.717, 1.165) is 32.0 Å². The maximum absolute atomic E-state index is 4.60. The Kier molecular flexibility index (Phi) is 10.8. The van der Waals surface area contributed by atoms with Gasteiger partial charge in [-0.1, -0.05) is 20.3 Å². The first-order chi connectivity index (χ1) is 8.63. The fourth-order valence-corrected chi connectivity index (χ4v) is 1.53. The number of hydrogen-bond donors (Lipinski definition) is 2. The van der Waals surface area contributed by atoms with Gasteiger partial charge >= 0.3 is 0 Å². The lowest BCUT2D eigenvalue weighted by atomic mass is 10.3. The van der Waals surface area contributed by atoms with Crippen molar-refractivity contribution in [2.24, 2.45) is 4.99 Å². The Bertz CT molecular complexity index is 216. The molecule has 0 aromatic heterocycles. The van der Waals surface area contributed by atoms with E-state index in [1.165, 1.54) is 19.4 Å². The molecule has 4 heteroatoms. The largest absolute Gasteiger partial charge is 0.357 e. The van der Waals surface area contributed by atoms with Gasteiger partial charge in [0, 0.05) is 19.1 Å². The lowest BCUT2D eigenvalue weighted by Crippen LogP contribution is -2.42. The average Bonchev–Trinajstić information content (AvgIpc) is 2.36. The van der Waals surface area contributed by atoms with Gasteiger partial charge in [0.15, 0.2) is 5.96 Å². The molecule has 4 nitrogen and oxygen atoms in total. The molecule has 0 saturated heterocycles. The van der Waals surface area contributed by atoms with E-state index >= 15 is 0 Å². The molecule has 2 N–H and O–H groups in total. The smallest absolute Gasteiger partial charge is 0.191 e. The fourth-order valence-electron chi connectivity index (χ4n) is 1.53. The molecular formula is C14H32N4. The van der Waals surface area contributed by atoms with Gasteiger partial charge in [0.25, 0.3) is 0 Å². The predicted molar refractivity (Wildman–Crippen MR) is 81.3 cm³/mol. The number of likely N-dealkylation sites (N-methyl/N-ethyl adjacent to an activating group) is 1.